The second kappa shape index (κ2) is 7.37. The van der Waals surface area contributed by atoms with Crippen LogP contribution in [0.3, 0.4) is 0 Å². The first-order chi connectivity index (χ1) is 12.7. The Morgan fingerprint density at radius 3 is 3.19 bits per heavy atom. The Kier molecular flexibility index (Phi) is 4.79. The van der Waals surface area contributed by atoms with Crippen LogP contribution >= 0.6 is 0 Å². The lowest BCUT2D eigenvalue weighted by Gasteiger charge is -2.24. The lowest BCUT2D eigenvalue weighted by molar-refractivity contribution is 0.526. The molecular formula is C19H23FN6. The summed E-state index contributed by atoms with van der Waals surface area (Å²) in [5.41, 5.74) is 3.04. The molecule has 7 heteroatoms. The minimum absolute atomic E-state index is 0.204. The van der Waals surface area contributed by atoms with Crippen LogP contribution in [0.5, 0.6) is 0 Å². The lowest BCUT2D eigenvalue weighted by atomic mass is 10.1. The first-order valence-corrected chi connectivity index (χ1v) is 9.13. The van der Waals surface area contributed by atoms with Crippen LogP contribution in [-0.4, -0.2) is 41.9 Å². The number of anilines is 3. The lowest BCUT2D eigenvalue weighted by Crippen LogP contribution is -2.37. The molecule has 0 aliphatic carbocycles. The van der Waals surface area contributed by atoms with Gasteiger partial charge in [0.1, 0.15) is 0 Å². The van der Waals surface area contributed by atoms with Crippen molar-refractivity contribution in [1.82, 2.24) is 15.3 Å². The van der Waals surface area contributed by atoms with Crippen molar-refractivity contribution >= 4 is 23.7 Å². The number of rotatable bonds is 4. The molecule has 4 rings (SSSR count). The normalized spacial score (nSPS) is 19.3. The van der Waals surface area contributed by atoms with Gasteiger partial charge in [-0.2, -0.15) is 4.98 Å². The monoisotopic (exact) mass is 354 g/mol. The molecule has 1 fully saturated rings. The number of nitrogens with zero attached hydrogens (tertiary/aromatic N) is 4. The van der Waals surface area contributed by atoms with Crippen LogP contribution < -0.4 is 15.5 Å². The van der Waals surface area contributed by atoms with Gasteiger partial charge >= 0.3 is 0 Å². The zero-order valence-corrected chi connectivity index (χ0v) is 14.9. The van der Waals surface area contributed by atoms with Crippen LogP contribution in [0.25, 0.3) is 0 Å². The van der Waals surface area contributed by atoms with Crippen molar-refractivity contribution in [3.05, 3.63) is 41.3 Å². The molecule has 0 amide bonds. The molecule has 1 atom stereocenters. The average molecular weight is 354 g/mol. The number of fused-ring (bicyclic) bond motifs is 1. The summed E-state index contributed by atoms with van der Waals surface area (Å²) in [6, 6.07) is 6.31. The predicted octanol–water partition coefficient (Wildman–Crippen LogP) is 2.87. The van der Waals surface area contributed by atoms with Gasteiger partial charge in [0.05, 0.1) is 12.7 Å². The fraction of sp³-hybridized carbons (Fsp3) is 0.421. The molecule has 6 nitrogen and oxygen atoms in total. The van der Waals surface area contributed by atoms with E-state index < -0.39 is 5.82 Å². The molecule has 1 aromatic heterocycles. The Balaban J connectivity index is 1.57. The molecule has 2 aliphatic heterocycles. The Morgan fingerprint density at radius 1 is 1.38 bits per heavy atom. The van der Waals surface area contributed by atoms with E-state index in [1.165, 1.54) is 11.8 Å². The number of hydrogen-bond donors (Lipinski definition) is 2. The highest BCUT2D eigenvalue weighted by molar-refractivity contribution is 5.86. The molecule has 1 aromatic carbocycles. The van der Waals surface area contributed by atoms with E-state index in [9.17, 15) is 4.39 Å². The van der Waals surface area contributed by atoms with E-state index in [1.807, 2.05) is 24.4 Å². The number of benzene rings is 1. The predicted molar refractivity (Wildman–Crippen MR) is 102 cm³/mol. The third kappa shape index (κ3) is 3.53. The van der Waals surface area contributed by atoms with Crippen molar-refractivity contribution in [2.24, 2.45) is 4.99 Å². The van der Waals surface area contributed by atoms with E-state index in [2.05, 4.69) is 37.4 Å². The Bertz CT molecular complexity index is 822. The van der Waals surface area contributed by atoms with Crippen LogP contribution in [-0.2, 0) is 6.54 Å². The molecule has 26 heavy (non-hydrogen) atoms. The molecule has 0 bridgehead atoms. The molecule has 3 heterocycles. The van der Waals surface area contributed by atoms with E-state index in [4.69, 9.17) is 0 Å². The summed E-state index contributed by atoms with van der Waals surface area (Å²) in [4.78, 5) is 15.1. The minimum Gasteiger partial charge on any atom is -0.339 e. The Morgan fingerprint density at radius 2 is 2.31 bits per heavy atom. The summed E-state index contributed by atoms with van der Waals surface area (Å²) in [5.74, 6) is 0.316. The first-order valence-electron chi connectivity index (χ1n) is 9.13. The molecule has 2 aromatic rings. The van der Waals surface area contributed by atoms with Crippen molar-refractivity contribution in [3.63, 3.8) is 0 Å². The topological polar surface area (TPSA) is 65.4 Å². The smallest absolute Gasteiger partial charge is 0.227 e. The molecule has 136 valence electrons. The first kappa shape index (κ1) is 16.9. The van der Waals surface area contributed by atoms with Crippen LogP contribution in [0.15, 0.2) is 29.4 Å². The molecule has 0 radical (unpaired) electrons. The summed E-state index contributed by atoms with van der Waals surface area (Å²) < 4.78 is 14.3. The molecule has 0 saturated carbocycles. The zero-order chi connectivity index (χ0) is 17.9. The second-order valence-corrected chi connectivity index (χ2v) is 6.73. The molecule has 1 unspecified atom stereocenters. The van der Waals surface area contributed by atoms with E-state index >= 15 is 0 Å². The van der Waals surface area contributed by atoms with Gasteiger partial charge in [-0.3, -0.25) is 4.99 Å². The molecular weight excluding hydrogens is 331 g/mol. The fourth-order valence-corrected chi connectivity index (χ4v) is 3.37. The fourth-order valence-electron chi connectivity index (χ4n) is 3.37. The van der Waals surface area contributed by atoms with Gasteiger partial charge < -0.3 is 15.5 Å². The van der Waals surface area contributed by atoms with Crippen LogP contribution in [0, 0.1) is 5.82 Å². The summed E-state index contributed by atoms with van der Waals surface area (Å²) in [6.07, 6.45) is 5.15. The van der Waals surface area contributed by atoms with Gasteiger partial charge in [-0.25, -0.2) is 9.37 Å². The van der Waals surface area contributed by atoms with Crippen molar-refractivity contribution in [2.45, 2.75) is 32.4 Å². The number of aromatic nitrogens is 2. The summed E-state index contributed by atoms with van der Waals surface area (Å²) >= 11 is 0. The van der Waals surface area contributed by atoms with Crippen molar-refractivity contribution in [3.8, 4) is 0 Å². The van der Waals surface area contributed by atoms with Gasteiger partial charge in [-0.15, -0.1) is 0 Å². The van der Waals surface area contributed by atoms with Gasteiger partial charge in [0.15, 0.2) is 11.6 Å². The SMILES string of the molecule is CCC1CN(c2ncc(F)c(Nc3ccc4c(c3)C=NC4)n2)CCCN1. The minimum atomic E-state index is -0.456. The van der Waals surface area contributed by atoms with Crippen molar-refractivity contribution in [1.29, 1.82) is 0 Å². The summed E-state index contributed by atoms with van der Waals surface area (Å²) in [6.45, 7) is 5.55. The maximum Gasteiger partial charge on any atom is 0.227 e. The Hall–Kier alpha value is -2.54. The quantitative estimate of drug-likeness (QED) is 0.884. The number of halogens is 1. The van der Waals surface area contributed by atoms with E-state index in [1.54, 1.807) is 0 Å². The maximum atomic E-state index is 14.3. The molecule has 1 saturated heterocycles. The third-order valence-electron chi connectivity index (χ3n) is 4.89. The maximum absolute atomic E-state index is 14.3. The van der Waals surface area contributed by atoms with Gasteiger partial charge in [-0.05, 0) is 42.6 Å². The van der Waals surface area contributed by atoms with Crippen molar-refractivity contribution in [2.75, 3.05) is 29.9 Å². The summed E-state index contributed by atoms with van der Waals surface area (Å²) in [7, 11) is 0. The van der Waals surface area contributed by atoms with Crippen LogP contribution in [0.1, 0.15) is 30.9 Å². The standard InChI is InChI=1S/C19H23FN6/c1-2-15-12-26(7-3-6-22-15)19-23-11-17(20)18(25-19)24-16-5-4-13-9-21-10-14(13)8-16/h4-5,8,10-11,15,22H,2-3,6-7,9,12H2,1H3,(H,23,24,25). The van der Waals surface area contributed by atoms with Crippen LogP contribution in [0.4, 0.5) is 21.8 Å². The van der Waals surface area contributed by atoms with E-state index in [-0.39, 0.29) is 5.82 Å². The highest BCUT2D eigenvalue weighted by atomic mass is 19.1. The molecule has 0 spiro atoms. The van der Waals surface area contributed by atoms with Crippen molar-refractivity contribution < 1.29 is 4.39 Å². The second-order valence-electron chi connectivity index (χ2n) is 6.73. The van der Waals surface area contributed by atoms with Crippen LogP contribution in [0.2, 0.25) is 0 Å². The van der Waals surface area contributed by atoms with Gasteiger partial charge in [0.2, 0.25) is 5.95 Å². The highest BCUT2D eigenvalue weighted by Crippen LogP contribution is 2.24. The molecule has 2 N–H and O–H groups in total. The third-order valence-corrected chi connectivity index (χ3v) is 4.89. The van der Waals surface area contributed by atoms with Gasteiger partial charge in [0.25, 0.3) is 0 Å². The number of hydrogen-bond acceptors (Lipinski definition) is 6. The Labute approximate surface area is 152 Å². The highest BCUT2D eigenvalue weighted by Gasteiger charge is 2.20. The van der Waals surface area contributed by atoms with Gasteiger partial charge in [0, 0.05) is 31.0 Å². The summed E-state index contributed by atoms with van der Waals surface area (Å²) in [5, 5.41) is 6.61. The number of aliphatic imine (C=N–C) groups is 1. The zero-order valence-electron chi connectivity index (χ0n) is 14.9. The van der Waals surface area contributed by atoms with Gasteiger partial charge in [-0.1, -0.05) is 13.0 Å². The van der Waals surface area contributed by atoms with E-state index in [0.717, 1.165) is 43.7 Å². The number of nitrogens with one attached hydrogen (secondary N) is 2. The average Bonchev–Trinajstić information content (AvgIpc) is 2.98. The van der Waals surface area contributed by atoms with E-state index in [0.29, 0.717) is 18.5 Å². The largest absolute Gasteiger partial charge is 0.339 e. The molecule has 2 aliphatic rings.